The van der Waals surface area contributed by atoms with E-state index >= 15 is 0 Å². The summed E-state index contributed by atoms with van der Waals surface area (Å²) in [5.41, 5.74) is 1.23. The lowest BCUT2D eigenvalue weighted by molar-refractivity contribution is 0.0719. The van der Waals surface area contributed by atoms with E-state index in [2.05, 4.69) is 24.4 Å². The minimum Gasteiger partial charge on any atom is -0.494 e. The molecule has 4 heteroatoms. The first-order valence-corrected chi connectivity index (χ1v) is 6.86. The SMILES string of the molecule is CCCOc1cccc(CNCCOCCOC)c1. The van der Waals surface area contributed by atoms with E-state index < -0.39 is 0 Å². The summed E-state index contributed by atoms with van der Waals surface area (Å²) in [5, 5.41) is 3.34. The summed E-state index contributed by atoms with van der Waals surface area (Å²) in [6.07, 6.45) is 1.03. The van der Waals surface area contributed by atoms with Gasteiger partial charge in [-0.15, -0.1) is 0 Å². The maximum atomic E-state index is 5.60. The molecule has 0 atom stereocenters. The number of hydrogen-bond donors (Lipinski definition) is 1. The fourth-order valence-corrected chi connectivity index (χ4v) is 1.59. The van der Waals surface area contributed by atoms with Crippen molar-refractivity contribution in [1.29, 1.82) is 0 Å². The molecular formula is C15H25NO3. The van der Waals surface area contributed by atoms with Gasteiger partial charge >= 0.3 is 0 Å². The third-order valence-electron chi connectivity index (χ3n) is 2.56. The van der Waals surface area contributed by atoms with Gasteiger partial charge in [-0.1, -0.05) is 19.1 Å². The lowest BCUT2D eigenvalue weighted by Gasteiger charge is -2.08. The minimum atomic E-state index is 0.650. The van der Waals surface area contributed by atoms with Crippen LogP contribution in [0.1, 0.15) is 18.9 Å². The Morgan fingerprint density at radius 2 is 2.00 bits per heavy atom. The van der Waals surface area contributed by atoms with Crippen LogP contribution in [-0.4, -0.2) is 40.1 Å². The molecule has 1 rings (SSSR count). The van der Waals surface area contributed by atoms with Gasteiger partial charge in [0, 0.05) is 20.2 Å². The van der Waals surface area contributed by atoms with Crippen LogP contribution in [0.4, 0.5) is 0 Å². The summed E-state index contributed by atoms with van der Waals surface area (Å²) < 4.78 is 15.9. The fraction of sp³-hybridized carbons (Fsp3) is 0.600. The Balaban J connectivity index is 2.14. The molecule has 1 aromatic carbocycles. The summed E-state index contributed by atoms with van der Waals surface area (Å²) in [7, 11) is 1.68. The molecule has 1 N–H and O–H groups in total. The smallest absolute Gasteiger partial charge is 0.119 e. The van der Waals surface area contributed by atoms with Crippen LogP contribution in [0.5, 0.6) is 5.75 Å². The first-order valence-electron chi connectivity index (χ1n) is 6.86. The van der Waals surface area contributed by atoms with Crippen LogP contribution < -0.4 is 10.1 Å². The Hall–Kier alpha value is -1.10. The largest absolute Gasteiger partial charge is 0.494 e. The Bertz CT molecular complexity index is 331. The first-order chi connectivity index (χ1) is 9.36. The number of nitrogens with one attached hydrogen (secondary N) is 1. The van der Waals surface area contributed by atoms with E-state index in [1.165, 1.54) is 5.56 Å². The Morgan fingerprint density at radius 3 is 2.79 bits per heavy atom. The quantitative estimate of drug-likeness (QED) is 0.624. The molecule has 0 bridgehead atoms. The van der Waals surface area contributed by atoms with Gasteiger partial charge in [0.1, 0.15) is 5.75 Å². The molecule has 0 heterocycles. The molecular weight excluding hydrogens is 242 g/mol. The number of ether oxygens (including phenoxy) is 3. The zero-order valence-corrected chi connectivity index (χ0v) is 12.0. The van der Waals surface area contributed by atoms with Crippen LogP contribution in [0.2, 0.25) is 0 Å². The number of methoxy groups -OCH3 is 1. The molecule has 0 aromatic heterocycles. The van der Waals surface area contributed by atoms with Crippen LogP contribution in [0.3, 0.4) is 0 Å². The molecule has 0 unspecified atom stereocenters. The summed E-state index contributed by atoms with van der Waals surface area (Å²) in [5.74, 6) is 0.942. The molecule has 0 fully saturated rings. The molecule has 0 saturated heterocycles. The zero-order chi connectivity index (χ0) is 13.8. The normalized spacial score (nSPS) is 10.6. The molecule has 0 spiro atoms. The molecule has 1 aromatic rings. The van der Waals surface area contributed by atoms with Gasteiger partial charge in [-0.25, -0.2) is 0 Å². The molecule has 0 saturated carbocycles. The van der Waals surface area contributed by atoms with Gasteiger partial charge in [0.15, 0.2) is 0 Å². The molecule has 0 radical (unpaired) electrons. The van der Waals surface area contributed by atoms with Crippen LogP contribution in [0, 0.1) is 0 Å². The van der Waals surface area contributed by atoms with E-state index in [0.717, 1.165) is 31.9 Å². The predicted molar refractivity (Wildman–Crippen MR) is 76.6 cm³/mol. The predicted octanol–water partition coefficient (Wildman–Crippen LogP) is 2.23. The van der Waals surface area contributed by atoms with Gasteiger partial charge < -0.3 is 19.5 Å². The van der Waals surface area contributed by atoms with E-state index in [9.17, 15) is 0 Å². The first kappa shape index (κ1) is 16.0. The van der Waals surface area contributed by atoms with Gasteiger partial charge in [-0.2, -0.15) is 0 Å². The van der Waals surface area contributed by atoms with E-state index in [1.807, 2.05) is 12.1 Å². The summed E-state index contributed by atoms with van der Waals surface area (Å²) in [6, 6.07) is 8.19. The van der Waals surface area contributed by atoms with Crippen molar-refractivity contribution >= 4 is 0 Å². The summed E-state index contributed by atoms with van der Waals surface area (Å²) in [6.45, 7) is 6.55. The monoisotopic (exact) mass is 267 g/mol. The van der Waals surface area contributed by atoms with Crippen LogP contribution >= 0.6 is 0 Å². The number of hydrogen-bond acceptors (Lipinski definition) is 4. The highest BCUT2D eigenvalue weighted by Crippen LogP contribution is 2.13. The van der Waals surface area contributed by atoms with Crippen LogP contribution in [0.15, 0.2) is 24.3 Å². The zero-order valence-electron chi connectivity index (χ0n) is 12.0. The van der Waals surface area contributed by atoms with E-state index in [4.69, 9.17) is 14.2 Å². The highest BCUT2D eigenvalue weighted by molar-refractivity contribution is 5.28. The summed E-state index contributed by atoms with van der Waals surface area (Å²) >= 11 is 0. The van der Waals surface area contributed by atoms with Crippen molar-refractivity contribution in [2.45, 2.75) is 19.9 Å². The fourth-order valence-electron chi connectivity index (χ4n) is 1.59. The molecule has 0 amide bonds. The Morgan fingerprint density at radius 1 is 1.11 bits per heavy atom. The van der Waals surface area contributed by atoms with E-state index in [0.29, 0.717) is 19.8 Å². The highest BCUT2D eigenvalue weighted by atomic mass is 16.5. The maximum absolute atomic E-state index is 5.60. The highest BCUT2D eigenvalue weighted by Gasteiger charge is 1.97. The average molecular weight is 267 g/mol. The Kier molecular flexibility index (Phi) is 9.06. The molecule has 4 nitrogen and oxygen atoms in total. The van der Waals surface area contributed by atoms with Gasteiger partial charge in [0.05, 0.1) is 26.4 Å². The van der Waals surface area contributed by atoms with Crippen LogP contribution in [-0.2, 0) is 16.0 Å². The number of rotatable bonds is 11. The maximum Gasteiger partial charge on any atom is 0.119 e. The average Bonchev–Trinajstić information content (AvgIpc) is 2.44. The van der Waals surface area contributed by atoms with E-state index in [1.54, 1.807) is 7.11 Å². The van der Waals surface area contributed by atoms with Gasteiger partial charge in [0.2, 0.25) is 0 Å². The van der Waals surface area contributed by atoms with Crippen molar-refractivity contribution < 1.29 is 14.2 Å². The van der Waals surface area contributed by atoms with Gasteiger partial charge in [-0.05, 0) is 24.1 Å². The van der Waals surface area contributed by atoms with Crippen molar-refractivity contribution in [3.8, 4) is 5.75 Å². The molecule has 0 aliphatic heterocycles. The van der Waals surface area contributed by atoms with Gasteiger partial charge in [0.25, 0.3) is 0 Å². The molecule has 19 heavy (non-hydrogen) atoms. The van der Waals surface area contributed by atoms with Crippen LogP contribution in [0.25, 0.3) is 0 Å². The number of benzene rings is 1. The second-order valence-corrected chi connectivity index (χ2v) is 4.28. The third-order valence-corrected chi connectivity index (χ3v) is 2.56. The molecule has 108 valence electrons. The van der Waals surface area contributed by atoms with Crippen molar-refractivity contribution in [2.24, 2.45) is 0 Å². The van der Waals surface area contributed by atoms with Crippen molar-refractivity contribution in [3.63, 3.8) is 0 Å². The second-order valence-electron chi connectivity index (χ2n) is 4.28. The minimum absolute atomic E-state index is 0.650. The third kappa shape index (κ3) is 7.82. The second kappa shape index (κ2) is 10.8. The van der Waals surface area contributed by atoms with Gasteiger partial charge in [-0.3, -0.25) is 0 Å². The van der Waals surface area contributed by atoms with E-state index in [-0.39, 0.29) is 0 Å². The topological polar surface area (TPSA) is 39.7 Å². The molecule has 0 aliphatic carbocycles. The van der Waals surface area contributed by atoms with Crippen molar-refractivity contribution in [3.05, 3.63) is 29.8 Å². The lowest BCUT2D eigenvalue weighted by atomic mass is 10.2. The Labute approximate surface area is 116 Å². The molecule has 0 aliphatic rings. The summed E-state index contributed by atoms with van der Waals surface area (Å²) in [4.78, 5) is 0. The van der Waals surface area contributed by atoms with Crippen molar-refractivity contribution in [2.75, 3.05) is 40.1 Å². The van der Waals surface area contributed by atoms with Crippen molar-refractivity contribution in [1.82, 2.24) is 5.32 Å². The lowest BCUT2D eigenvalue weighted by Crippen LogP contribution is -2.20. The standard InChI is InChI=1S/C15H25NO3/c1-3-8-19-15-6-4-5-14(12-15)13-16-7-9-18-11-10-17-2/h4-6,12,16H,3,7-11,13H2,1-2H3.